The summed E-state index contributed by atoms with van der Waals surface area (Å²) in [5, 5.41) is 6.50. The van der Waals surface area contributed by atoms with Crippen LogP contribution in [0.5, 0.6) is 0 Å². The zero-order valence-corrected chi connectivity index (χ0v) is 20.2. The lowest BCUT2D eigenvalue weighted by Gasteiger charge is -2.37. The molecule has 0 spiro atoms. The molecule has 1 rings (SSSR count). The van der Waals surface area contributed by atoms with Gasteiger partial charge >= 0.3 is 0 Å². The first-order chi connectivity index (χ1) is 12.4. The zero-order valence-electron chi connectivity index (χ0n) is 20.2. The lowest BCUT2D eigenvalue weighted by molar-refractivity contribution is -0.132. The summed E-state index contributed by atoms with van der Waals surface area (Å²) in [5.74, 6) is 0.374. The summed E-state index contributed by atoms with van der Waals surface area (Å²) in [6, 6.07) is 0. The predicted molar refractivity (Wildman–Crippen MR) is 118 cm³/mol. The van der Waals surface area contributed by atoms with E-state index in [0.29, 0.717) is 0 Å². The van der Waals surface area contributed by atoms with E-state index in [0.717, 1.165) is 38.5 Å². The topological polar surface area (TPSA) is 58.2 Å². The minimum atomic E-state index is -0.208. The van der Waals surface area contributed by atoms with Gasteiger partial charge in [0, 0.05) is 22.9 Å². The van der Waals surface area contributed by atoms with Gasteiger partial charge in [0.05, 0.1) is 0 Å². The molecule has 164 valence electrons. The van der Waals surface area contributed by atoms with Crippen LogP contribution in [0.25, 0.3) is 0 Å². The number of hydrogen-bond acceptors (Lipinski definition) is 2. The van der Waals surface area contributed by atoms with Crippen LogP contribution in [0.3, 0.4) is 0 Å². The first-order valence-electron chi connectivity index (χ1n) is 11.0. The van der Waals surface area contributed by atoms with Crippen LogP contribution in [-0.2, 0) is 9.59 Å². The van der Waals surface area contributed by atoms with Gasteiger partial charge in [-0.05, 0) is 77.0 Å². The van der Waals surface area contributed by atoms with Crippen LogP contribution in [0.1, 0.15) is 108 Å². The molecule has 0 aromatic heterocycles. The van der Waals surface area contributed by atoms with Gasteiger partial charge in [0.1, 0.15) is 0 Å². The van der Waals surface area contributed by atoms with E-state index in [1.165, 1.54) is 0 Å². The molecule has 0 atom stereocenters. The van der Waals surface area contributed by atoms with E-state index < -0.39 is 0 Å². The second-order valence-corrected chi connectivity index (χ2v) is 12.8. The summed E-state index contributed by atoms with van der Waals surface area (Å²) in [7, 11) is 0. The lowest BCUT2D eigenvalue weighted by atomic mass is 9.78. The molecule has 0 unspecified atom stereocenters. The molecule has 4 heteroatoms. The van der Waals surface area contributed by atoms with Crippen molar-refractivity contribution < 1.29 is 9.59 Å². The molecule has 0 aromatic carbocycles. The Morgan fingerprint density at radius 3 is 1.07 bits per heavy atom. The van der Waals surface area contributed by atoms with Gasteiger partial charge in [0.25, 0.3) is 0 Å². The van der Waals surface area contributed by atoms with E-state index in [2.05, 4.69) is 79.9 Å². The van der Waals surface area contributed by atoms with Crippen molar-refractivity contribution in [2.75, 3.05) is 0 Å². The minimum absolute atomic E-state index is 0.0332. The third kappa shape index (κ3) is 9.43. The van der Waals surface area contributed by atoms with Crippen molar-refractivity contribution in [3.63, 3.8) is 0 Å². The Labute approximate surface area is 174 Å². The van der Waals surface area contributed by atoms with Gasteiger partial charge in [-0.3, -0.25) is 9.59 Å². The van der Waals surface area contributed by atoms with Crippen molar-refractivity contribution in [3.05, 3.63) is 0 Å². The molecule has 28 heavy (non-hydrogen) atoms. The molecule has 0 saturated heterocycles. The van der Waals surface area contributed by atoms with Crippen LogP contribution in [0.2, 0.25) is 0 Å². The van der Waals surface area contributed by atoms with E-state index in [-0.39, 0.29) is 45.6 Å². The summed E-state index contributed by atoms with van der Waals surface area (Å²) in [4.78, 5) is 25.5. The second kappa shape index (κ2) is 8.75. The molecule has 0 aliphatic heterocycles. The number of carbonyl (C=O) groups excluding carboxylic acids is 2. The van der Waals surface area contributed by atoms with Crippen LogP contribution in [0.15, 0.2) is 0 Å². The van der Waals surface area contributed by atoms with Gasteiger partial charge in [-0.1, -0.05) is 41.5 Å². The quantitative estimate of drug-likeness (QED) is 0.629. The summed E-state index contributed by atoms with van der Waals surface area (Å²) in [6.45, 7) is 21.6. The largest absolute Gasteiger partial charge is 0.351 e. The molecule has 1 aliphatic rings. The molecule has 4 nitrogen and oxygen atoms in total. The monoisotopic (exact) mass is 394 g/mol. The van der Waals surface area contributed by atoms with Gasteiger partial charge < -0.3 is 10.6 Å². The third-order valence-electron chi connectivity index (χ3n) is 5.34. The Bertz CT molecular complexity index is 492. The van der Waals surface area contributed by atoms with Crippen molar-refractivity contribution >= 4 is 11.8 Å². The van der Waals surface area contributed by atoms with Crippen molar-refractivity contribution in [2.45, 2.75) is 119 Å². The Kier molecular flexibility index (Phi) is 7.81. The number of amides is 2. The zero-order chi connectivity index (χ0) is 22.0. The molecule has 2 amide bonds. The molecule has 0 radical (unpaired) electrons. The molecular formula is C24H46N2O2. The van der Waals surface area contributed by atoms with E-state index in [1.807, 2.05) is 0 Å². The first kappa shape index (κ1) is 25.0. The molecule has 2 N–H and O–H groups in total. The molecule has 1 aliphatic carbocycles. The minimum Gasteiger partial charge on any atom is -0.351 e. The molecule has 0 aromatic rings. The van der Waals surface area contributed by atoms with Crippen molar-refractivity contribution in [3.8, 4) is 0 Å². The van der Waals surface area contributed by atoms with Crippen LogP contribution in [-0.4, -0.2) is 22.9 Å². The first-order valence-corrected chi connectivity index (χ1v) is 11.0. The smallest absolute Gasteiger partial charge is 0.223 e. The van der Waals surface area contributed by atoms with Crippen LogP contribution >= 0.6 is 0 Å². The fourth-order valence-corrected chi connectivity index (χ4v) is 5.23. The SMILES string of the molecule is CC(C)(C)CC(C)(C)NC(=O)C1CCC(C(=O)NC(C)(C)CC(C)(C)C)CC1. The maximum absolute atomic E-state index is 12.7. The average molecular weight is 395 g/mol. The number of rotatable bonds is 6. The normalized spacial score (nSPS) is 21.9. The van der Waals surface area contributed by atoms with Crippen LogP contribution < -0.4 is 10.6 Å². The molecule has 0 bridgehead atoms. The van der Waals surface area contributed by atoms with Crippen molar-refractivity contribution in [1.82, 2.24) is 10.6 Å². The van der Waals surface area contributed by atoms with Gasteiger partial charge in [0.2, 0.25) is 11.8 Å². The maximum atomic E-state index is 12.7. The number of carbonyl (C=O) groups is 2. The van der Waals surface area contributed by atoms with Gasteiger partial charge in [-0.2, -0.15) is 0 Å². The highest BCUT2D eigenvalue weighted by Gasteiger charge is 2.35. The van der Waals surface area contributed by atoms with E-state index >= 15 is 0 Å². The Balaban J connectivity index is 2.54. The van der Waals surface area contributed by atoms with Gasteiger partial charge in [-0.15, -0.1) is 0 Å². The summed E-state index contributed by atoms with van der Waals surface area (Å²) < 4.78 is 0. The fourth-order valence-electron chi connectivity index (χ4n) is 5.23. The van der Waals surface area contributed by atoms with Crippen molar-refractivity contribution in [2.24, 2.45) is 22.7 Å². The molecule has 1 saturated carbocycles. The highest BCUT2D eigenvalue weighted by Crippen LogP contribution is 2.33. The van der Waals surface area contributed by atoms with Gasteiger partial charge in [0.15, 0.2) is 0 Å². The standard InChI is InChI=1S/C24H46N2O2/c1-21(2,3)15-23(7,8)25-19(27)17-11-13-18(14-12-17)20(28)26-24(9,10)16-22(4,5)6/h17-18H,11-16H2,1-10H3,(H,25,27)(H,26,28). The Morgan fingerprint density at radius 1 is 0.607 bits per heavy atom. The van der Waals surface area contributed by atoms with E-state index in [4.69, 9.17) is 0 Å². The fraction of sp³-hybridized carbons (Fsp3) is 0.917. The summed E-state index contributed by atoms with van der Waals surface area (Å²) in [5.41, 5.74) is -0.0696. The highest BCUT2D eigenvalue weighted by atomic mass is 16.2. The van der Waals surface area contributed by atoms with Crippen LogP contribution in [0.4, 0.5) is 0 Å². The van der Waals surface area contributed by atoms with Gasteiger partial charge in [-0.25, -0.2) is 0 Å². The Hall–Kier alpha value is -1.06. The van der Waals surface area contributed by atoms with E-state index in [9.17, 15) is 9.59 Å². The summed E-state index contributed by atoms with van der Waals surface area (Å²) in [6.07, 6.45) is 5.08. The molecule has 1 fully saturated rings. The number of hydrogen-bond donors (Lipinski definition) is 2. The number of nitrogens with one attached hydrogen (secondary N) is 2. The lowest BCUT2D eigenvalue weighted by Crippen LogP contribution is -2.50. The summed E-state index contributed by atoms with van der Waals surface area (Å²) >= 11 is 0. The average Bonchev–Trinajstić information content (AvgIpc) is 2.40. The highest BCUT2D eigenvalue weighted by molar-refractivity contribution is 5.81. The maximum Gasteiger partial charge on any atom is 0.223 e. The van der Waals surface area contributed by atoms with Crippen molar-refractivity contribution in [1.29, 1.82) is 0 Å². The van der Waals surface area contributed by atoms with E-state index in [1.54, 1.807) is 0 Å². The predicted octanol–water partition coefficient (Wildman–Crippen LogP) is 5.45. The molecule has 0 heterocycles. The third-order valence-corrected chi connectivity index (χ3v) is 5.34. The second-order valence-electron chi connectivity index (χ2n) is 12.8. The van der Waals surface area contributed by atoms with Crippen LogP contribution in [0, 0.1) is 22.7 Å². The molecular weight excluding hydrogens is 348 g/mol. The Morgan fingerprint density at radius 2 is 0.857 bits per heavy atom.